The largest absolute Gasteiger partial charge is 0.463 e. The monoisotopic (exact) mass is 300 g/mol. The highest BCUT2D eigenvalue weighted by molar-refractivity contribution is 7.97. The number of nitrogens with one attached hydrogen (secondary N) is 1. The summed E-state index contributed by atoms with van der Waals surface area (Å²) in [4.78, 5) is 3.94. The number of nitrogens with zero attached hydrogens (tertiary/aromatic N) is 3. The first kappa shape index (κ1) is 13.8. The SMILES string of the molecule is CSCc1ccc(CNc2ccc(-n3cncn3)cc2)o1. The van der Waals surface area contributed by atoms with Crippen LogP contribution >= 0.6 is 11.8 Å². The van der Waals surface area contributed by atoms with Gasteiger partial charge < -0.3 is 9.73 Å². The van der Waals surface area contributed by atoms with Crippen LogP contribution in [0.25, 0.3) is 5.69 Å². The molecule has 21 heavy (non-hydrogen) atoms. The molecular formula is C15H16N4OS. The minimum absolute atomic E-state index is 0.678. The molecule has 0 unspecified atom stereocenters. The fourth-order valence-electron chi connectivity index (χ4n) is 2.00. The van der Waals surface area contributed by atoms with Crippen molar-refractivity contribution in [3.8, 4) is 5.69 Å². The summed E-state index contributed by atoms with van der Waals surface area (Å²) >= 11 is 1.76. The summed E-state index contributed by atoms with van der Waals surface area (Å²) in [6.45, 7) is 0.678. The van der Waals surface area contributed by atoms with E-state index in [0.29, 0.717) is 6.54 Å². The van der Waals surface area contributed by atoms with Crippen LogP contribution in [0.15, 0.2) is 53.5 Å². The molecule has 0 bridgehead atoms. The second-order valence-corrected chi connectivity index (χ2v) is 5.41. The molecule has 0 radical (unpaired) electrons. The van der Waals surface area contributed by atoms with Gasteiger partial charge >= 0.3 is 0 Å². The minimum Gasteiger partial charge on any atom is -0.463 e. The molecule has 0 aliphatic carbocycles. The number of hydrogen-bond acceptors (Lipinski definition) is 5. The van der Waals surface area contributed by atoms with Crippen LogP contribution in [0.5, 0.6) is 0 Å². The van der Waals surface area contributed by atoms with E-state index in [1.807, 2.05) is 36.4 Å². The molecule has 2 heterocycles. The van der Waals surface area contributed by atoms with Gasteiger partial charge in [-0.3, -0.25) is 0 Å². The Morgan fingerprint density at radius 3 is 2.67 bits per heavy atom. The second-order valence-electron chi connectivity index (χ2n) is 4.54. The third-order valence-electron chi connectivity index (χ3n) is 3.02. The molecule has 0 aliphatic heterocycles. The maximum atomic E-state index is 5.72. The summed E-state index contributed by atoms with van der Waals surface area (Å²) in [6, 6.07) is 12.1. The average Bonchev–Trinajstić information content (AvgIpc) is 3.18. The van der Waals surface area contributed by atoms with Gasteiger partial charge in [0, 0.05) is 5.69 Å². The molecule has 1 aromatic carbocycles. The maximum absolute atomic E-state index is 5.72. The number of benzene rings is 1. The van der Waals surface area contributed by atoms with E-state index in [-0.39, 0.29) is 0 Å². The molecule has 1 N–H and O–H groups in total. The van der Waals surface area contributed by atoms with Gasteiger partial charge in [-0.1, -0.05) is 0 Å². The van der Waals surface area contributed by atoms with Crippen molar-refractivity contribution in [1.29, 1.82) is 0 Å². The third-order valence-corrected chi connectivity index (χ3v) is 3.59. The van der Waals surface area contributed by atoms with Crippen LogP contribution in [0.2, 0.25) is 0 Å². The lowest BCUT2D eigenvalue weighted by molar-refractivity contribution is 0.487. The van der Waals surface area contributed by atoms with Crippen molar-refractivity contribution >= 4 is 17.4 Å². The van der Waals surface area contributed by atoms with E-state index in [2.05, 4.69) is 21.7 Å². The lowest BCUT2D eigenvalue weighted by atomic mass is 10.3. The molecule has 5 nitrogen and oxygen atoms in total. The van der Waals surface area contributed by atoms with Crippen molar-refractivity contribution in [2.75, 3.05) is 11.6 Å². The van der Waals surface area contributed by atoms with Gasteiger partial charge in [0.2, 0.25) is 0 Å². The van der Waals surface area contributed by atoms with Crippen LogP contribution in [0.1, 0.15) is 11.5 Å². The molecule has 0 fully saturated rings. The van der Waals surface area contributed by atoms with Gasteiger partial charge in [0.15, 0.2) is 0 Å². The van der Waals surface area contributed by atoms with Crippen molar-refractivity contribution in [3.63, 3.8) is 0 Å². The zero-order valence-corrected chi connectivity index (χ0v) is 12.5. The number of thioether (sulfide) groups is 1. The highest BCUT2D eigenvalue weighted by Crippen LogP contribution is 2.16. The Hall–Kier alpha value is -2.21. The Bertz CT molecular complexity index is 676. The Kier molecular flexibility index (Phi) is 4.25. The lowest BCUT2D eigenvalue weighted by Gasteiger charge is -2.06. The van der Waals surface area contributed by atoms with E-state index in [4.69, 9.17) is 4.42 Å². The van der Waals surface area contributed by atoms with E-state index < -0.39 is 0 Å². The first-order chi connectivity index (χ1) is 10.3. The van der Waals surface area contributed by atoms with E-state index in [1.165, 1.54) is 6.33 Å². The second kappa shape index (κ2) is 6.49. The topological polar surface area (TPSA) is 55.9 Å². The van der Waals surface area contributed by atoms with Gasteiger partial charge in [-0.05, 0) is 42.7 Å². The average molecular weight is 300 g/mol. The first-order valence-electron chi connectivity index (χ1n) is 6.60. The highest BCUT2D eigenvalue weighted by Gasteiger charge is 2.02. The van der Waals surface area contributed by atoms with Gasteiger partial charge in [-0.15, -0.1) is 0 Å². The molecule has 2 aromatic heterocycles. The van der Waals surface area contributed by atoms with E-state index >= 15 is 0 Å². The van der Waals surface area contributed by atoms with E-state index in [9.17, 15) is 0 Å². The summed E-state index contributed by atoms with van der Waals surface area (Å²) < 4.78 is 7.45. The molecule has 6 heteroatoms. The smallest absolute Gasteiger partial charge is 0.138 e. The standard InChI is InChI=1S/C15H16N4OS/c1-21-9-15-7-6-14(20-15)8-17-12-2-4-13(5-3-12)19-11-16-10-18-19/h2-7,10-11,17H,8-9H2,1H3. The minimum atomic E-state index is 0.678. The molecule has 3 rings (SSSR count). The summed E-state index contributed by atoms with van der Waals surface area (Å²) in [7, 11) is 0. The maximum Gasteiger partial charge on any atom is 0.138 e. The van der Waals surface area contributed by atoms with Crippen LogP contribution in [0, 0.1) is 0 Å². The Morgan fingerprint density at radius 1 is 1.14 bits per heavy atom. The normalized spacial score (nSPS) is 10.7. The Labute approximate surface area is 127 Å². The molecular weight excluding hydrogens is 284 g/mol. The number of hydrogen-bond donors (Lipinski definition) is 1. The van der Waals surface area contributed by atoms with Gasteiger partial charge in [0.1, 0.15) is 24.2 Å². The quantitative estimate of drug-likeness (QED) is 0.756. The summed E-state index contributed by atoms with van der Waals surface area (Å²) in [5.41, 5.74) is 2.03. The fourth-order valence-corrected chi connectivity index (χ4v) is 2.44. The van der Waals surface area contributed by atoms with Crippen molar-refractivity contribution < 1.29 is 4.42 Å². The molecule has 0 atom stereocenters. The van der Waals surface area contributed by atoms with Crippen LogP contribution < -0.4 is 5.32 Å². The van der Waals surface area contributed by atoms with Crippen molar-refractivity contribution in [1.82, 2.24) is 14.8 Å². The van der Waals surface area contributed by atoms with E-state index in [1.54, 1.807) is 22.8 Å². The zero-order valence-electron chi connectivity index (χ0n) is 11.7. The summed E-state index contributed by atoms with van der Waals surface area (Å²) in [6.07, 6.45) is 5.27. The molecule has 0 saturated carbocycles. The van der Waals surface area contributed by atoms with Crippen molar-refractivity contribution in [2.24, 2.45) is 0 Å². The number of aromatic nitrogens is 3. The van der Waals surface area contributed by atoms with Crippen LogP contribution in [0.3, 0.4) is 0 Å². The van der Waals surface area contributed by atoms with Crippen molar-refractivity contribution in [3.05, 3.63) is 60.6 Å². The Balaban J connectivity index is 1.60. The number of anilines is 1. The molecule has 0 aliphatic rings. The van der Waals surface area contributed by atoms with Gasteiger partial charge in [0.05, 0.1) is 18.0 Å². The highest BCUT2D eigenvalue weighted by atomic mass is 32.2. The predicted molar refractivity (Wildman–Crippen MR) is 84.6 cm³/mol. The fraction of sp³-hybridized carbons (Fsp3) is 0.200. The lowest BCUT2D eigenvalue weighted by Crippen LogP contribution is -1.99. The van der Waals surface area contributed by atoms with Gasteiger partial charge in [0.25, 0.3) is 0 Å². The zero-order chi connectivity index (χ0) is 14.5. The Morgan fingerprint density at radius 2 is 1.95 bits per heavy atom. The van der Waals surface area contributed by atoms with Crippen LogP contribution in [-0.4, -0.2) is 21.0 Å². The van der Waals surface area contributed by atoms with Crippen LogP contribution in [-0.2, 0) is 12.3 Å². The molecule has 3 aromatic rings. The van der Waals surface area contributed by atoms with E-state index in [0.717, 1.165) is 28.6 Å². The predicted octanol–water partition coefficient (Wildman–Crippen LogP) is 3.34. The molecule has 0 saturated heterocycles. The molecule has 0 spiro atoms. The first-order valence-corrected chi connectivity index (χ1v) is 8.00. The number of furan rings is 1. The summed E-state index contributed by atoms with van der Waals surface area (Å²) in [5.74, 6) is 2.87. The summed E-state index contributed by atoms with van der Waals surface area (Å²) in [5, 5.41) is 7.44. The van der Waals surface area contributed by atoms with Gasteiger partial charge in [-0.2, -0.15) is 16.9 Å². The van der Waals surface area contributed by atoms with Crippen molar-refractivity contribution in [2.45, 2.75) is 12.3 Å². The van der Waals surface area contributed by atoms with Crippen LogP contribution in [0.4, 0.5) is 5.69 Å². The molecule has 0 amide bonds. The third kappa shape index (κ3) is 3.46. The number of rotatable bonds is 6. The van der Waals surface area contributed by atoms with Gasteiger partial charge in [-0.25, -0.2) is 9.67 Å². The molecule has 108 valence electrons.